The van der Waals surface area contributed by atoms with Crippen LogP contribution < -0.4 is 10.2 Å². The largest absolute Gasteiger partial charge is 0.358 e. The molecule has 2 aromatic heterocycles. The molecule has 0 radical (unpaired) electrons. The van der Waals surface area contributed by atoms with Crippen molar-refractivity contribution in [3.8, 4) is 0 Å². The van der Waals surface area contributed by atoms with E-state index in [2.05, 4.69) is 37.8 Å². The Kier molecular flexibility index (Phi) is 3.06. The van der Waals surface area contributed by atoms with Crippen molar-refractivity contribution in [1.82, 2.24) is 30.3 Å². The number of hydrogen-bond donors (Lipinski definition) is 1. The number of nitrogens with zero attached hydrogens (tertiary/aromatic N) is 6. The zero-order valence-electron chi connectivity index (χ0n) is 10.5. The van der Waals surface area contributed by atoms with Crippen LogP contribution in [0.5, 0.6) is 0 Å². The second-order valence-electron chi connectivity index (χ2n) is 4.79. The number of hydrogen-bond acceptors (Lipinski definition) is 6. The third-order valence-corrected chi connectivity index (χ3v) is 3.47. The Labute approximate surface area is 105 Å². The molecule has 0 spiro atoms. The van der Waals surface area contributed by atoms with E-state index in [-0.39, 0.29) is 0 Å². The van der Waals surface area contributed by atoms with Gasteiger partial charge in [-0.15, -0.1) is 5.10 Å². The van der Waals surface area contributed by atoms with Gasteiger partial charge in [-0.25, -0.2) is 0 Å². The van der Waals surface area contributed by atoms with Crippen molar-refractivity contribution in [2.24, 2.45) is 5.92 Å². The summed E-state index contributed by atoms with van der Waals surface area (Å²) in [5.41, 5.74) is 0.685. The van der Waals surface area contributed by atoms with Crippen molar-refractivity contribution >= 4 is 11.5 Å². The van der Waals surface area contributed by atoms with Gasteiger partial charge in [0.05, 0.1) is 12.4 Å². The van der Waals surface area contributed by atoms with Crippen molar-refractivity contribution in [1.29, 1.82) is 0 Å². The highest BCUT2D eigenvalue weighted by Gasteiger charge is 2.17. The molecular formula is C11H17N7. The molecular weight excluding hydrogens is 230 g/mol. The molecule has 7 nitrogen and oxygen atoms in total. The SMILES string of the molecule is CN(CC1CCNCC1)c1cncc2nnnn12. The minimum absolute atomic E-state index is 0.685. The summed E-state index contributed by atoms with van der Waals surface area (Å²) < 4.78 is 1.73. The summed E-state index contributed by atoms with van der Waals surface area (Å²) in [5, 5.41) is 15.0. The summed E-state index contributed by atoms with van der Waals surface area (Å²) in [6.45, 7) is 3.25. The molecule has 18 heavy (non-hydrogen) atoms. The topological polar surface area (TPSA) is 71.2 Å². The molecule has 0 bridgehead atoms. The number of rotatable bonds is 3. The maximum atomic E-state index is 4.18. The van der Waals surface area contributed by atoms with Gasteiger partial charge in [-0.05, 0) is 42.3 Å². The molecule has 1 aliphatic rings. The Morgan fingerprint density at radius 1 is 1.39 bits per heavy atom. The van der Waals surface area contributed by atoms with Gasteiger partial charge in [-0.1, -0.05) is 0 Å². The fourth-order valence-corrected chi connectivity index (χ4v) is 2.47. The van der Waals surface area contributed by atoms with Crippen LogP contribution in [0, 0.1) is 5.92 Å². The van der Waals surface area contributed by atoms with Crippen LogP contribution in [0.3, 0.4) is 0 Å². The quantitative estimate of drug-likeness (QED) is 0.820. The molecule has 1 saturated heterocycles. The molecule has 96 valence electrons. The average molecular weight is 247 g/mol. The smallest absolute Gasteiger partial charge is 0.199 e. The van der Waals surface area contributed by atoms with E-state index >= 15 is 0 Å². The first kappa shape index (κ1) is 11.3. The van der Waals surface area contributed by atoms with E-state index in [0.29, 0.717) is 5.65 Å². The second kappa shape index (κ2) is 4.85. The lowest BCUT2D eigenvalue weighted by molar-refractivity contribution is 0.377. The Morgan fingerprint density at radius 2 is 2.22 bits per heavy atom. The zero-order chi connectivity index (χ0) is 12.4. The lowest BCUT2D eigenvalue weighted by Gasteiger charge is -2.28. The van der Waals surface area contributed by atoms with Crippen molar-refractivity contribution in [3.63, 3.8) is 0 Å². The molecule has 1 aliphatic heterocycles. The highest BCUT2D eigenvalue weighted by Crippen LogP contribution is 2.17. The Hall–Kier alpha value is -1.76. The van der Waals surface area contributed by atoms with E-state index in [9.17, 15) is 0 Å². The predicted molar refractivity (Wildman–Crippen MR) is 67.4 cm³/mol. The molecule has 1 fully saturated rings. The highest BCUT2D eigenvalue weighted by molar-refractivity contribution is 5.45. The van der Waals surface area contributed by atoms with Crippen LogP contribution in [-0.2, 0) is 0 Å². The van der Waals surface area contributed by atoms with Crippen molar-refractivity contribution < 1.29 is 0 Å². The maximum absolute atomic E-state index is 4.18. The van der Waals surface area contributed by atoms with Crippen LogP contribution >= 0.6 is 0 Å². The first-order valence-corrected chi connectivity index (χ1v) is 6.28. The Morgan fingerprint density at radius 3 is 3.06 bits per heavy atom. The van der Waals surface area contributed by atoms with Gasteiger partial charge < -0.3 is 10.2 Å². The molecule has 0 saturated carbocycles. The van der Waals surface area contributed by atoms with E-state index < -0.39 is 0 Å². The van der Waals surface area contributed by atoms with Crippen LogP contribution in [-0.4, -0.2) is 51.7 Å². The monoisotopic (exact) mass is 247 g/mol. The molecule has 0 atom stereocenters. The van der Waals surface area contributed by atoms with Crippen LogP contribution in [0.4, 0.5) is 5.82 Å². The lowest BCUT2D eigenvalue weighted by atomic mass is 9.98. The van der Waals surface area contributed by atoms with Crippen LogP contribution in [0.1, 0.15) is 12.8 Å². The van der Waals surface area contributed by atoms with Crippen molar-refractivity contribution in [2.75, 3.05) is 31.6 Å². The molecule has 2 aromatic rings. The zero-order valence-corrected chi connectivity index (χ0v) is 10.5. The van der Waals surface area contributed by atoms with E-state index in [1.165, 1.54) is 12.8 Å². The number of aromatic nitrogens is 5. The molecule has 0 unspecified atom stereocenters. The summed E-state index contributed by atoms with van der Waals surface area (Å²) in [6, 6.07) is 0. The van der Waals surface area contributed by atoms with E-state index in [1.807, 2.05) is 6.20 Å². The summed E-state index contributed by atoms with van der Waals surface area (Å²) in [4.78, 5) is 6.37. The van der Waals surface area contributed by atoms with Crippen molar-refractivity contribution in [3.05, 3.63) is 12.4 Å². The summed E-state index contributed by atoms with van der Waals surface area (Å²) in [6.07, 6.45) is 5.93. The number of nitrogens with one attached hydrogen (secondary N) is 1. The van der Waals surface area contributed by atoms with E-state index in [4.69, 9.17) is 0 Å². The Balaban J connectivity index is 1.78. The van der Waals surface area contributed by atoms with Crippen LogP contribution in [0.15, 0.2) is 12.4 Å². The Bertz CT molecular complexity index is 517. The molecule has 1 N–H and O–H groups in total. The summed E-state index contributed by atoms with van der Waals surface area (Å²) in [7, 11) is 2.07. The molecule has 0 aliphatic carbocycles. The average Bonchev–Trinajstić information content (AvgIpc) is 2.87. The first-order chi connectivity index (χ1) is 8.84. The molecule has 3 rings (SSSR count). The van der Waals surface area contributed by atoms with Gasteiger partial charge in [0.2, 0.25) is 0 Å². The summed E-state index contributed by atoms with van der Waals surface area (Å²) in [5.74, 6) is 1.67. The van der Waals surface area contributed by atoms with Gasteiger partial charge in [0.25, 0.3) is 0 Å². The predicted octanol–water partition coefficient (Wildman–Crippen LogP) is -0.0449. The highest BCUT2D eigenvalue weighted by atomic mass is 15.5. The normalized spacial score (nSPS) is 17.2. The second-order valence-corrected chi connectivity index (χ2v) is 4.79. The van der Waals surface area contributed by atoms with Gasteiger partial charge in [0.1, 0.15) is 0 Å². The standard InChI is InChI=1S/C11H17N7/c1-17(8-9-2-4-12-5-3-9)11-7-13-6-10-14-15-16-18(10)11/h6-7,9,12H,2-5,8H2,1H3. The fourth-order valence-electron chi connectivity index (χ4n) is 2.47. The van der Waals surface area contributed by atoms with Crippen molar-refractivity contribution in [2.45, 2.75) is 12.8 Å². The minimum Gasteiger partial charge on any atom is -0.358 e. The molecule has 0 amide bonds. The first-order valence-electron chi connectivity index (χ1n) is 6.28. The fraction of sp³-hybridized carbons (Fsp3) is 0.636. The van der Waals surface area contributed by atoms with Crippen LogP contribution in [0.2, 0.25) is 0 Å². The third-order valence-electron chi connectivity index (χ3n) is 3.47. The van der Waals surface area contributed by atoms with E-state index in [1.54, 1.807) is 10.7 Å². The maximum Gasteiger partial charge on any atom is 0.199 e. The molecule has 7 heteroatoms. The molecule has 3 heterocycles. The number of anilines is 1. The van der Waals surface area contributed by atoms with Crippen LogP contribution in [0.25, 0.3) is 5.65 Å². The van der Waals surface area contributed by atoms with E-state index in [0.717, 1.165) is 31.4 Å². The van der Waals surface area contributed by atoms with Gasteiger partial charge in [-0.2, -0.15) is 4.52 Å². The van der Waals surface area contributed by atoms with Gasteiger partial charge in [-0.3, -0.25) is 4.98 Å². The third kappa shape index (κ3) is 2.13. The number of tetrazole rings is 1. The molecule has 0 aromatic carbocycles. The van der Waals surface area contributed by atoms with Gasteiger partial charge in [0, 0.05) is 13.6 Å². The summed E-state index contributed by atoms with van der Waals surface area (Å²) >= 11 is 0. The minimum atomic E-state index is 0.685. The van der Waals surface area contributed by atoms with Gasteiger partial charge >= 0.3 is 0 Å². The lowest BCUT2D eigenvalue weighted by Crippen LogP contribution is -2.35. The van der Waals surface area contributed by atoms with Gasteiger partial charge in [0.15, 0.2) is 11.5 Å². The number of piperidine rings is 1. The number of fused-ring (bicyclic) bond motifs is 1.